The Kier molecular flexibility index (Phi) is 3.29. The van der Waals surface area contributed by atoms with Gasteiger partial charge in [-0.3, -0.25) is 0 Å². The molecule has 0 amide bonds. The van der Waals surface area contributed by atoms with E-state index in [9.17, 15) is 5.11 Å². The van der Waals surface area contributed by atoms with Crippen LogP contribution in [-0.4, -0.2) is 32.3 Å². The maximum atomic E-state index is 10.2. The molecule has 1 heterocycles. The molecule has 0 spiro atoms. The van der Waals surface area contributed by atoms with Crippen LogP contribution in [0.3, 0.4) is 0 Å². The fourth-order valence-electron chi connectivity index (χ4n) is 2.81. The number of halogens is 1. The number of anilines is 1. The monoisotopic (exact) mass is 274 g/mol. The molecule has 1 radical (unpaired) electrons. The smallest absolute Gasteiger partial charge is 0.438 e. The summed E-state index contributed by atoms with van der Waals surface area (Å²) in [4.78, 5) is 1.99. The summed E-state index contributed by atoms with van der Waals surface area (Å²) < 4.78 is 5.10. The largest absolute Gasteiger partial charge is 0.507 e. The van der Waals surface area contributed by atoms with Gasteiger partial charge in [0.05, 0.1) is 0 Å². The molecular formula is C14H14BClNO2. The van der Waals surface area contributed by atoms with Crippen molar-refractivity contribution in [2.24, 2.45) is 0 Å². The van der Waals surface area contributed by atoms with Gasteiger partial charge in [0.15, 0.2) is 0 Å². The molecule has 97 valence electrons. The van der Waals surface area contributed by atoms with Crippen LogP contribution in [0, 0.1) is 0 Å². The molecule has 2 aromatic rings. The average Bonchev–Trinajstić information content (AvgIpc) is 2.78. The van der Waals surface area contributed by atoms with E-state index >= 15 is 0 Å². The average molecular weight is 275 g/mol. The van der Waals surface area contributed by atoms with Crippen LogP contribution in [-0.2, 0) is 4.65 Å². The minimum Gasteiger partial charge on any atom is -0.507 e. The van der Waals surface area contributed by atoms with Gasteiger partial charge in [0.25, 0.3) is 0 Å². The van der Waals surface area contributed by atoms with Crippen LogP contribution >= 0.6 is 11.6 Å². The number of rotatable bonds is 3. The van der Waals surface area contributed by atoms with Gasteiger partial charge < -0.3 is 14.6 Å². The summed E-state index contributed by atoms with van der Waals surface area (Å²) in [5, 5.41) is 12.1. The lowest BCUT2D eigenvalue weighted by atomic mass is 9.95. The molecule has 3 rings (SSSR count). The Balaban J connectivity index is 2.25. The van der Waals surface area contributed by atoms with Gasteiger partial charge in [0.1, 0.15) is 5.75 Å². The number of nitrogens with zero attached hydrogens (tertiary/aromatic N) is 1. The van der Waals surface area contributed by atoms with Crippen molar-refractivity contribution in [3.63, 3.8) is 0 Å². The molecule has 3 nitrogen and oxygen atoms in total. The maximum Gasteiger partial charge on any atom is 0.438 e. The minimum atomic E-state index is 0.244. The molecule has 1 aliphatic rings. The summed E-state index contributed by atoms with van der Waals surface area (Å²) >= 11 is 6.10. The SMILES string of the molecule is CO[B]N1CC(CCl)c2c1cc(O)c1ccccc21. The Labute approximate surface area is 118 Å². The van der Waals surface area contributed by atoms with Crippen LogP contribution in [0.15, 0.2) is 30.3 Å². The number of phenolic OH excluding ortho intramolecular Hbond substituents is 1. The quantitative estimate of drug-likeness (QED) is 0.690. The first-order valence-corrected chi connectivity index (χ1v) is 6.73. The van der Waals surface area contributed by atoms with E-state index in [2.05, 4.69) is 0 Å². The fourth-order valence-corrected chi connectivity index (χ4v) is 3.06. The summed E-state index contributed by atoms with van der Waals surface area (Å²) in [5.74, 6) is 1.09. The lowest BCUT2D eigenvalue weighted by Gasteiger charge is -2.17. The zero-order valence-electron chi connectivity index (χ0n) is 10.6. The van der Waals surface area contributed by atoms with Crippen molar-refractivity contribution in [2.45, 2.75) is 5.92 Å². The predicted molar refractivity (Wildman–Crippen MR) is 79.2 cm³/mol. The number of benzene rings is 2. The number of alkyl halides is 1. The summed E-state index contributed by atoms with van der Waals surface area (Å²) in [6.07, 6.45) is 0. The van der Waals surface area contributed by atoms with Crippen molar-refractivity contribution >= 4 is 35.7 Å². The van der Waals surface area contributed by atoms with Gasteiger partial charge in [-0.1, -0.05) is 24.3 Å². The highest BCUT2D eigenvalue weighted by molar-refractivity contribution is 6.35. The highest BCUT2D eigenvalue weighted by Gasteiger charge is 2.31. The van der Waals surface area contributed by atoms with E-state index in [0.29, 0.717) is 11.6 Å². The van der Waals surface area contributed by atoms with Crippen LogP contribution in [0.4, 0.5) is 5.69 Å². The van der Waals surface area contributed by atoms with Crippen molar-refractivity contribution in [1.82, 2.24) is 0 Å². The predicted octanol–water partition coefficient (Wildman–Crippen LogP) is 2.87. The van der Waals surface area contributed by atoms with Gasteiger partial charge in [-0.25, -0.2) is 0 Å². The van der Waals surface area contributed by atoms with Gasteiger partial charge in [-0.05, 0) is 10.9 Å². The van der Waals surface area contributed by atoms with Crippen LogP contribution in [0.5, 0.6) is 5.75 Å². The maximum absolute atomic E-state index is 10.2. The van der Waals surface area contributed by atoms with E-state index in [0.717, 1.165) is 23.0 Å². The first-order chi connectivity index (χ1) is 9.26. The molecular weight excluding hydrogens is 260 g/mol. The summed E-state index contributed by atoms with van der Waals surface area (Å²) in [6, 6.07) is 9.66. The van der Waals surface area contributed by atoms with Crippen LogP contribution in [0.25, 0.3) is 10.8 Å². The molecule has 2 aromatic carbocycles. The number of hydrogen-bond acceptors (Lipinski definition) is 3. The Hall–Kier alpha value is -1.39. The molecule has 0 fully saturated rings. The second kappa shape index (κ2) is 4.95. The molecule has 0 bridgehead atoms. The molecule has 1 atom stereocenters. The van der Waals surface area contributed by atoms with Crippen LogP contribution < -0.4 is 4.81 Å². The summed E-state index contributed by atoms with van der Waals surface area (Å²) in [5.41, 5.74) is 2.17. The van der Waals surface area contributed by atoms with E-state index in [1.54, 1.807) is 20.8 Å². The number of fused-ring (bicyclic) bond motifs is 3. The number of hydrogen-bond donors (Lipinski definition) is 1. The third kappa shape index (κ3) is 1.95. The lowest BCUT2D eigenvalue weighted by Crippen LogP contribution is -2.27. The zero-order valence-corrected chi connectivity index (χ0v) is 11.4. The number of aromatic hydroxyl groups is 1. The molecule has 0 aliphatic carbocycles. The highest BCUT2D eigenvalue weighted by Crippen LogP contribution is 2.44. The van der Waals surface area contributed by atoms with E-state index in [1.165, 1.54) is 5.56 Å². The minimum absolute atomic E-state index is 0.244. The van der Waals surface area contributed by atoms with Crippen LogP contribution in [0.2, 0.25) is 0 Å². The van der Waals surface area contributed by atoms with Crippen molar-refractivity contribution in [1.29, 1.82) is 0 Å². The molecule has 5 heteroatoms. The zero-order chi connectivity index (χ0) is 13.4. The second-order valence-electron chi connectivity index (χ2n) is 4.72. The van der Waals surface area contributed by atoms with Crippen molar-refractivity contribution < 1.29 is 9.76 Å². The van der Waals surface area contributed by atoms with E-state index < -0.39 is 0 Å². The highest BCUT2D eigenvalue weighted by atomic mass is 35.5. The van der Waals surface area contributed by atoms with E-state index in [-0.39, 0.29) is 5.92 Å². The van der Waals surface area contributed by atoms with Crippen molar-refractivity contribution in [2.75, 3.05) is 24.3 Å². The van der Waals surface area contributed by atoms with Gasteiger partial charge >= 0.3 is 7.62 Å². The lowest BCUT2D eigenvalue weighted by molar-refractivity contribution is 0.438. The first-order valence-electron chi connectivity index (χ1n) is 6.19. The summed E-state index contributed by atoms with van der Waals surface area (Å²) in [7, 11) is 3.29. The molecule has 0 saturated carbocycles. The topological polar surface area (TPSA) is 32.7 Å². The van der Waals surface area contributed by atoms with Gasteiger partial charge in [-0.15, -0.1) is 11.6 Å². The van der Waals surface area contributed by atoms with E-state index in [4.69, 9.17) is 16.3 Å². The van der Waals surface area contributed by atoms with Crippen molar-refractivity contribution in [3.8, 4) is 5.75 Å². The third-order valence-electron chi connectivity index (χ3n) is 3.60. The Morgan fingerprint density at radius 2 is 2.16 bits per heavy atom. The number of phenols is 1. The van der Waals surface area contributed by atoms with Crippen LogP contribution in [0.1, 0.15) is 11.5 Å². The van der Waals surface area contributed by atoms with Gasteiger partial charge in [0.2, 0.25) is 0 Å². The van der Waals surface area contributed by atoms with E-state index in [1.807, 2.05) is 29.1 Å². The molecule has 19 heavy (non-hydrogen) atoms. The first kappa shape index (κ1) is 12.6. The Bertz CT molecular complexity index is 620. The van der Waals surface area contributed by atoms with Crippen molar-refractivity contribution in [3.05, 3.63) is 35.9 Å². The Morgan fingerprint density at radius 3 is 2.84 bits per heavy atom. The normalized spacial score (nSPS) is 17.8. The van der Waals surface area contributed by atoms with Gasteiger partial charge in [-0.2, -0.15) is 0 Å². The fraction of sp³-hybridized carbons (Fsp3) is 0.286. The third-order valence-corrected chi connectivity index (χ3v) is 3.97. The summed E-state index contributed by atoms with van der Waals surface area (Å²) in [6.45, 7) is 0.778. The standard InChI is InChI=1S/C14H14BClNO2/c1-19-15-17-8-9(7-16)14-11-5-3-2-4-10(11)13(18)6-12(14)17/h2-6,9,18H,7-8H2,1H3. The second-order valence-corrected chi connectivity index (χ2v) is 5.03. The molecule has 1 aliphatic heterocycles. The molecule has 1 unspecified atom stereocenters. The molecule has 0 aromatic heterocycles. The van der Waals surface area contributed by atoms with Gasteiger partial charge in [0, 0.05) is 42.6 Å². The Morgan fingerprint density at radius 1 is 1.42 bits per heavy atom. The molecule has 1 N–H and O–H groups in total. The molecule has 0 saturated heterocycles.